The number of aliphatic hydroxyl groups is 1. The van der Waals surface area contributed by atoms with Crippen LogP contribution in [0.2, 0.25) is 0 Å². The maximum absolute atomic E-state index is 13.9. The van der Waals surface area contributed by atoms with Crippen molar-refractivity contribution < 1.29 is 14.3 Å². The van der Waals surface area contributed by atoms with Crippen molar-refractivity contribution in [2.75, 3.05) is 0 Å². The second-order valence-electron chi connectivity index (χ2n) is 5.65. The Morgan fingerprint density at radius 3 is 2.71 bits per heavy atom. The minimum Gasteiger partial charge on any atom is -0.393 e. The van der Waals surface area contributed by atoms with Gasteiger partial charge in [0.05, 0.1) is 11.0 Å². The summed E-state index contributed by atoms with van der Waals surface area (Å²) >= 11 is 1.33. The maximum Gasteiger partial charge on any atom is 0.261 e. The third kappa shape index (κ3) is 2.80. The topological polar surface area (TPSA) is 49.3 Å². The Hall–Kier alpha value is -1.46. The SMILES string of the molecule is Cc1c(C(=O)NC2CCC(O)CC2)sc2cccc(F)c12. The lowest BCUT2D eigenvalue weighted by Crippen LogP contribution is -2.38. The van der Waals surface area contributed by atoms with Gasteiger partial charge in [-0.05, 0) is 50.3 Å². The van der Waals surface area contributed by atoms with Crippen molar-refractivity contribution in [1.29, 1.82) is 0 Å². The second-order valence-corrected chi connectivity index (χ2v) is 6.70. The lowest BCUT2D eigenvalue weighted by molar-refractivity contribution is 0.0871. The molecule has 1 fully saturated rings. The molecule has 0 unspecified atom stereocenters. The van der Waals surface area contributed by atoms with Crippen LogP contribution in [0.25, 0.3) is 10.1 Å². The van der Waals surface area contributed by atoms with Gasteiger partial charge in [-0.3, -0.25) is 4.79 Å². The van der Waals surface area contributed by atoms with Crippen LogP contribution >= 0.6 is 11.3 Å². The Morgan fingerprint density at radius 1 is 1.33 bits per heavy atom. The lowest BCUT2D eigenvalue weighted by Gasteiger charge is -2.26. The Bertz CT molecular complexity index is 674. The molecule has 3 nitrogen and oxygen atoms in total. The number of amides is 1. The van der Waals surface area contributed by atoms with E-state index < -0.39 is 0 Å². The van der Waals surface area contributed by atoms with Crippen molar-refractivity contribution >= 4 is 27.3 Å². The molecule has 0 spiro atoms. The lowest BCUT2D eigenvalue weighted by atomic mass is 9.93. The molecule has 2 N–H and O–H groups in total. The van der Waals surface area contributed by atoms with Gasteiger partial charge in [0.2, 0.25) is 0 Å². The smallest absolute Gasteiger partial charge is 0.261 e. The van der Waals surface area contributed by atoms with E-state index in [9.17, 15) is 14.3 Å². The molecular weight excluding hydrogens is 289 g/mol. The first-order chi connectivity index (χ1) is 10.1. The zero-order valence-electron chi connectivity index (χ0n) is 11.9. The first kappa shape index (κ1) is 14.5. The molecule has 1 saturated carbocycles. The summed E-state index contributed by atoms with van der Waals surface area (Å²) in [4.78, 5) is 13.0. The molecule has 5 heteroatoms. The van der Waals surface area contributed by atoms with Gasteiger partial charge in [-0.25, -0.2) is 4.39 Å². The van der Waals surface area contributed by atoms with Gasteiger partial charge in [0.1, 0.15) is 5.82 Å². The molecule has 0 aliphatic heterocycles. The van der Waals surface area contributed by atoms with Crippen LogP contribution in [-0.2, 0) is 0 Å². The zero-order valence-corrected chi connectivity index (χ0v) is 12.7. The van der Waals surface area contributed by atoms with Crippen LogP contribution in [-0.4, -0.2) is 23.2 Å². The van der Waals surface area contributed by atoms with Crippen molar-refractivity contribution in [2.24, 2.45) is 0 Å². The monoisotopic (exact) mass is 307 g/mol. The van der Waals surface area contributed by atoms with Crippen molar-refractivity contribution in [3.05, 3.63) is 34.5 Å². The fraction of sp³-hybridized carbons (Fsp3) is 0.438. The van der Waals surface area contributed by atoms with E-state index in [1.165, 1.54) is 17.4 Å². The molecule has 0 radical (unpaired) electrons. The number of fused-ring (bicyclic) bond motifs is 1. The number of hydrogen-bond acceptors (Lipinski definition) is 3. The van der Waals surface area contributed by atoms with E-state index in [0.29, 0.717) is 15.8 Å². The predicted octanol–water partition coefficient (Wildman–Crippen LogP) is 3.38. The van der Waals surface area contributed by atoms with Crippen molar-refractivity contribution in [1.82, 2.24) is 5.32 Å². The number of benzene rings is 1. The molecular formula is C16H18FNO2S. The molecule has 3 rings (SSSR count). The molecule has 1 amide bonds. The average molecular weight is 307 g/mol. The van der Waals surface area contributed by atoms with Crippen molar-refractivity contribution in [3.8, 4) is 0 Å². The van der Waals surface area contributed by atoms with Gasteiger partial charge in [-0.2, -0.15) is 0 Å². The summed E-state index contributed by atoms with van der Waals surface area (Å²) in [6.45, 7) is 1.79. The quantitative estimate of drug-likeness (QED) is 0.893. The third-order valence-electron chi connectivity index (χ3n) is 4.14. The van der Waals surface area contributed by atoms with Crippen LogP contribution in [0.3, 0.4) is 0 Å². The zero-order chi connectivity index (χ0) is 15.0. The number of thiophene rings is 1. The van der Waals surface area contributed by atoms with E-state index in [1.807, 2.05) is 6.07 Å². The molecule has 21 heavy (non-hydrogen) atoms. The summed E-state index contributed by atoms with van der Waals surface area (Å²) in [5, 5.41) is 13.1. The summed E-state index contributed by atoms with van der Waals surface area (Å²) in [6.07, 6.45) is 2.81. The van der Waals surface area contributed by atoms with E-state index in [2.05, 4.69) is 5.32 Å². The fourth-order valence-electron chi connectivity index (χ4n) is 2.94. The van der Waals surface area contributed by atoms with E-state index >= 15 is 0 Å². The standard InChI is InChI=1S/C16H18FNO2S/c1-9-14-12(17)3-2-4-13(14)21-15(9)16(20)18-10-5-7-11(19)8-6-10/h2-4,10-11,19H,5-8H2,1H3,(H,18,20). The summed E-state index contributed by atoms with van der Waals surface area (Å²) in [5.74, 6) is -0.407. The highest BCUT2D eigenvalue weighted by Gasteiger charge is 2.23. The Morgan fingerprint density at radius 2 is 2.05 bits per heavy atom. The number of aliphatic hydroxyl groups excluding tert-OH is 1. The molecule has 0 saturated heterocycles. The van der Waals surface area contributed by atoms with Crippen LogP contribution in [0.1, 0.15) is 40.9 Å². The van der Waals surface area contributed by atoms with E-state index in [1.54, 1.807) is 13.0 Å². The molecule has 1 aromatic carbocycles. The number of hydrogen-bond donors (Lipinski definition) is 2. The van der Waals surface area contributed by atoms with E-state index in [4.69, 9.17) is 0 Å². The van der Waals surface area contributed by atoms with Crippen LogP contribution in [0.15, 0.2) is 18.2 Å². The fourth-order valence-corrected chi connectivity index (χ4v) is 4.07. The van der Waals surface area contributed by atoms with E-state index in [0.717, 1.165) is 30.4 Å². The minimum absolute atomic E-state index is 0.107. The van der Waals surface area contributed by atoms with Crippen LogP contribution in [0, 0.1) is 12.7 Å². The van der Waals surface area contributed by atoms with Crippen LogP contribution in [0.5, 0.6) is 0 Å². The Labute approximate surface area is 126 Å². The number of rotatable bonds is 2. The number of carbonyl (C=O) groups excluding carboxylic acids is 1. The van der Waals surface area contributed by atoms with Gasteiger partial charge in [0.25, 0.3) is 5.91 Å². The maximum atomic E-state index is 13.9. The molecule has 112 valence electrons. The summed E-state index contributed by atoms with van der Waals surface area (Å²) in [6, 6.07) is 5.03. The largest absolute Gasteiger partial charge is 0.393 e. The molecule has 1 aliphatic rings. The predicted molar refractivity (Wildman–Crippen MR) is 82.2 cm³/mol. The summed E-state index contributed by atoms with van der Waals surface area (Å²) in [7, 11) is 0. The van der Waals surface area contributed by atoms with Crippen LogP contribution < -0.4 is 5.32 Å². The Balaban J connectivity index is 1.82. The summed E-state index contributed by atoms with van der Waals surface area (Å²) < 4.78 is 14.7. The molecule has 0 atom stereocenters. The molecule has 0 bridgehead atoms. The van der Waals surface area contributed by atoms with Gasteiger partial charge in [-0.15, -0.1) is 11.3 Å². The Kier molecular flexibility index (Phi) is 3.95. The molecule has 1 heterocycles. The van der Waals surface area contributed by atoms with Crippen LogP contribution in [0.4, 0.5) is 4.39 Å². The number of halogens is 1. The summed E-state index contributed by atoms with van der Waals surface area (Å²) in [5.41, 5.74) is 0.710. The first-order valence-corrected chi connectivity index (χ1v) is 8.04. The van der Waals surface area contributed by atoms with Gasteiger partial charge >= 0.3 is 0 Å². The highest BCUT2D eigenvalue weighted by molar-refractivity contribution is 7.21. The van der Waals surface area contributed by atoms with Gasteiger partial charge in [-0.1, -0.05) is 6.07 Å². The molecule has 2 aromatic rings. The number of carbonyl (C=O) groups is 1. The van der Waals surface area contributed by atoms with Gasteiger partial charge in [0.15, 0.2) is 0 Å². The normalized spacial score (nSPS) is 22.4. The highest BCUT2D eigenvalue weighted by Crippen LogP contribution is 2.32. The van der Waals surface area contributed by atoms with Crippen molar-refractivity contribution in [3.63, 3.8) is 0 Å². The minimum atomic E-state index is -0.277. The molecule has 1 aliphatic carbocycles. The van der Waals surface area contributed by atoms with Gasteiger partial charge < -0.3 is 10.4 Å². The molecule has 1 aromatic heterocycles. The average Bonchev–Trinajstić information content (AvgIpc) is 2.80. The first-order valence-electron chi connectivity index (χ1n) is 7.23. The van der Waals surface area contributed by atoms with E-state index in [-0.39, 0.29) is 23.9 Å². The highest BCUT2D eigenvalue weighted by atomic mass is 32.1. The second kappa shape index (κ2) is 5.73. The van der Waals surface area contributed by atoms with Crippen molar-refractivity contribution in [2.45, 2.75) is 44.8 Å². The number of nitrogens with one attached hydrogen (secondary N) is 1. The third-order valence-corrected chi connectivity index (χ3v) is 5.40. The number of aryl methyl sites for hydroxylation is 1. The van der Waals surface area contributed by atoms with Gasteiger partial charge in [0, 0.05) is 16.1 Å².